The Kier molecular flexibility index (Phi) is 6.13. The van der Waals surface area contributed by atoms with Gasteiger partial charge in [0.2, 0.25) is 5.91 Å². The Bertz CT molecular complexity index is 630. The summed E-state index contributed by atoms with van der Waals surface area (Å²) in [6, 6.07) is 19.8. The van der Waals surface area contributed by atoms with E-state index in [4.69, 9.17) is 5.11 Å². The average molecular weight is 325 g/mol. The van der Waals surface area contributed by atoms with Crippen LogP contribution in [0.2, 0.25) is 0 Å². The minimum Gasteiger partial charge on any atom is -0.481 e. The molecule has 0 saturated heterocycles. The highest BCUT2D eigenvalue weighted by Crippen LogP contribution is 2.28. The summed E-state index contributed by atoms with van der Waals surface area (Å²) in [5.74, 6) is -1.56. The highest BCUT2D eigenvalue weighted by atomic mass is 16.4. The Morgan fingerprint density at radius 2 is 1.42 bits per heavy atom. The summed E-state index contributed by atoms with van der Waals surface area (Å²) in [7, 11) is 1.66. The Morgan fingerprint density at radius 1 is 0.958 bits per heavy atom. The second-order valence-electron chi connectivity index (χ2n) is 6.09. The number of nitrogens with zero attached hydrogens (tertiary/aromatic N) is 1. The number of hydrogen-bond acceptors (Lipinski definition) is 2. The molecule has 0 fully saturated rings. The molecule has 2 aromatic carbocycles. The monoisotopic (exact) mass is 325 g/mol. The van der Waals surface area contributed by atoms with Crippen LogP contribution in [0.1, 0.15) is 30.4 Å². The lowest BCUT2D eigenvalue weighted by Crippen LogP contribution is -2.34. The molecule has 126 valence electrons. The number of carbonyl (C=O) groups excluding carboxylic acids is 1. The van der Waals surface area contributed by atoms with Gasteiger partial charge in [0.25, 0.3) is 0 Å². The van der Waals surface area contributed by atoms with Gasteiger partial charge in [0.15, 0.2) is 0 Å². The maximum Gasteiger partial charge on any atom is 0.308 e. The smallest absolute Gasteiger partial charge is 0.308 e. The third-order valence-corrected chi connectivity index (χ3v) is 4.18. The minimum atomic E-state index is -0.891. The van der Waals surface area contributed by atoms with Crippen molar-refractivity contribution in [1.82, 2.24) is 4.90 Å². The molecule has 1 amide bonds. The largest absolute Gasteiger partial charge is 0.481 e. The van der Waals surface area contributed by atoms with Crippen LogP contribution < -0.4 is 0 Å². The molecule has 2 rings (SSSR count). The molecule has 2 aromatic rings. The van der Waals surface area contributed by atoms with Gasteiger partial charge in [-0.15, -0.1) is 0 Å². The van der Waals surface area contributed by atoms with Gasteiger partial charge >= 0.3 is 5.97 Å². The zero-order chi connectivity index (χ0) is 17.5. The molecule has 1 N–H and O–H groups in total. The topological polar surface area (TPSA) is 57.6 Å². The van der Waals surface area contributed by atoms with Gasteiger partial charge in [-0.25, -0.2) is 0 Å². The first-order valence-electron chi connectivity index (χ1n) is 8.05. The van der Waals surface area contributed by atoms with Crippen molar-refractivity contribution in [2.75, 3.05) is 13.6 Å². The van der Waals surface area contributed by atoms with Gasteiger partial charge < -0.3 is 10.0 Å². The van der Waals surface area contributed by atoms with Crippen LogP contribution in [0, 0.1) is 5.92 Å². The van der Waals surface area contributed by atoms with E-state index in [9.17, 15) is 9.59 Å². The Hall–Kier alpha value is -2.62. The fraction of sp³-hybridized carbons (Fsp3) is 0.300. The van der Waals surface area contributed by atoms with Gasteiger partial charge in [0, 0.05) is 25.9 Å². The molecule has 4 heteroatoms. The van der Waals surface area contributed by atoms with E-state index in [1.807, 2.05) is 60.7 Å². The summed E-state index contributed by atoms with van der Waals surface area (Å²) in [5.41, 5.74) is 2.16. The molecule has 0 aliphatic rings. The molecule has 1 unspecified atom stereocenters. The highest BCUT2D eigenvalue weighted by Gasteiger charge is 2.22. The fourth-order valence-corrected chi connectivity index (χ4v) is 2.72. The maximum absolute atomic E-state index is 12.6. The molecule has 0 saturated carbocycles. The molecule has 0 aliphatic carbocycles. The van der Waals surface area contributed by atoms with E-state index < -0.39 is 11.9 Å². The lowest BCUT2D eigenvalue weighted by atomic mass is 9.88. The highest BCUT2D eigenvalue weighted by molar-refractivity contribution is 5.78. The summed E-state index contributed by atoms with van der Waals surface area (Å²) in [5, 5.41) is 9.01. The van der Waals surface area contributed by atoms with Crippen LogP contribution >= 0.6 is 0 Å². The third-order valence-electron chi connectivity index (χ3n) is 4.18. The number of carbonyl (C=O) groups is 2. The van der Waals surface area contributed by atoms with Gasteiger partial charge in [0.05, 0.1) is 5.92 Å². The lowest BCUT2D eigenvalue weighted by Gasteiger charge is -2.23. The molecule has 0 spiro atoms. The summed E-state index contributed by atoms with van der Waals surface area (Å²) in [6.07, 6.45) is 0.316. The van der Waals surface area contributed by atoms with Gasteiger partial charge in [-0.05, 0) is 11.1 Å². The van der Waals surface area contributed by atoms with E-state index in [2.05, 4.69) is 0 Å². The molecular formula is C20H23NO3. The van der Waals surface area contributed by atoms with Crippen LogP contribution in [0.15, 0.2) is 60.7 Å². The quantitative estimate of drug-likeness (QED) is 0.849. The van der Waals surface area contributed by atoms with Crippen molar-refractivity contribution in [2.24, 2.45) is 5.92 Å². The van der Waals surface area contributed by atoms with Crippen molar-refractivity contribution in [2.45, 2.75) is 19.3 Å². The Labute approximate surface area is 142 Å². The maximum atomic E-state index is 12.6. The van der Waals surface area contributed by atoms with Crippen molar-refractivity contribution < 1.29 is 14.7 Å². The van der Waals surface area contributed by atoms with Gasteiger partial charge in [0.1, 0.15) is 0 Å². The molecule has 0 radical (unpaired) electrons. The fourth-order valence-electron chi connectivity index (χ4n) is 2.72. The first-order chi connectivity index (χ1) is 11.5. The zero-order valence-corrected chi connectivity index (χ0v) is 14.1. The van der Waals surface area contributed by atoms with Crippen molar-refractivity contribution >= 4 is 11.9 Å². The SMILES string of the molecule is CC(CN(C)C(=O)CC(c1ccccc1)c1ccccc1)C(=O)O. The van der Waals surface area contributed by atoms with Crippen molar-refractivity contribution in [3.8, 4) is 0 Å². The van der Waals surface area contributed by atoms with Gasteiger partial charge in [-0.3, -0.25) is 9.59 Å². The normalized spacial score (nSPS) is 12.0. The number of amides is 1. The third kappa shape index (κ3) is 4.69. The molecule has 4 nitrogen and oxygen atoms in total. The molecule has 0 bridgehead atoms. The van der Waals surface area contributed by atoms with Crippen LogP contribution in [0.3, 0.4) is 0 Å². The number of rotatable bonds is 7. The molecule has 0 heterocycles. The van der Waals surface area contributed by atoms with Crippen molar-refractivity contribution in [3.05, 3.63) is 71.8 Å². The van der Waals surface area contributed by atoms with E-state index in [0.717, 1.165) is 11.1 Å². The molecule has 1 atom stereocenters. The summed E-state index contributed by atoms with van der Waals surface area (Å²) >= 11 is 0. The molecular weight excluding hydrogens is 302 g/mol. The number of benzene rings is 2. The zero-order valence-electron chi connectivity index (χ0n) is 14.1. The summed E-state index contributed by atoms with van der Waals surface area (Å²) in [6.45, 7) is 1.82. The van der Waals surface area contributed by atoms with Gasteiger partial charge in [-0.1, -0.05) is 67.6 Å². The van der Waals surface area contributed by atoms with Crippen LogP contribution in [0.25, 0.3) is 0 Å². The molecule has 0 aliphatic heterocycles. The Balaban J connectivity index is 2.17. The van der Waals surface area contributed by atoms with Gasteiger partial charge in [-0.2, -0.15) is 0 Å². The average Bonchev–Trinajstić information content (AvgIpc) is 2.60. The minimum absolute atomic E-state index is 0.0394. The molecule has 24 heavy (non-hydrogen) atoms. The van der Waals surface area contributed by atoms with E-state index in [1.165, 1.54) is 4.90 Å². The van der Waals surface area contributed by atoms with E-state index >= 15 is 0 Å². The van der Waals surface area contributed by atoms with Crippen LogP contribution in [-0.4, -0.2) is 35.5 Å². The van der Waals surface area contributed by atoms with Crippen molar-refractivity contribution in [1.29, 1.82) is 0 Å². The van der Waals surface area contributed by atoms with Crippen LogP contribution in [-0.2, 0) is 9.59 Å². The second kappa shape index (κ2) is 8.29. The van der Waals surface area contributed by atoms with E-state index in [1.54, 1.807) is 14.0 Å². The summed E-state index contributed by atoms with van der Waals surface area (Å²) in [4.78, 5) is 25.1. The number of hydrogen-bond donors (Lipinski definition) is 1. The predicted octanol–water partition coefficient (Wildman–Crippen LogP) is 3.39. The van der Waals surface area contributed by atoms with Crippen molar-refractivity contribution in [3.63, 3.8) is 0 Å². The van der Waals surface area contributed by atoms with E-state index in [0.29, 0.717) is 6.42 Å². The first-order valence-corrected chi connectivity index (χ1v) is 8.05. The van der Waals surface area contributed by atoms with Crippen LogP contribution in [0.4, 0.5) is 0 Å². The predicted molar refractivity (Wildman–Crippen MR) is 93.8 cm³/mol. The first kappa shape index (κ1) is 17.7. The summed E-state index contributed by atoms with van der Waals surface area (Å²) < 4.78 is 0. The second-order valence-corrected chi connectivity index (χ2v) is 6.09. The van der Waals surface area contributed by atoms with E-state index in [-0.39, 0.29) is 18.4 Å². The Morgan fingerprint density at radius 3 is 1.83 bits per heavy atom. The lowest BCUT2D eigenvalue weighted by molar-refractivity contribution is -0.142. The number of carboxylic acids is 1. The standard InChI is InChI=1S/C20H23NO3/c1-15(20(23)24)14-21(2)19(22)13-18(16-9-5-3-6-10-16)17-11-7-4-8-12-17/h3-12,15,18H,13-14H2,1-2H3,(H,23,24). The van der Waals surface area contributed by atoms with Crippen LogP contribution in [0.5, 0.6) is 0 Å². The molecule has 0 aromatic heterocycles. The number of carboxylic acid groups (broad SMARTS) is 1. The number of aliphatic carboxylic acids is 1.